The maximum absolute atomic E-state index is 11.5. The molecule has 7 heteroatoms. The summed E-state index contributed by atoms with van der Waals surface area (Å²) < 4.78 is 5.67. The number of fused-ring (bicyclic) bond motifs is 1. The van der Waals surface area contributed by atoms with Gasteiger partial charge in [0.15, 0.2) is 0 Å². The first-order chi connectivity index (χ1) is 9.95. The second kappa shape index (κ2) is 5.39. The number of nitrogens with two attached hydrogens (primary N) is 1. The second-order valence-corrected chi connectivity index (χ2v) is 5.74. The minimum Gasteiger partial charge on any atom is -0.456 e. The Morgan fingerprint density at radius 1 is 1.05 bits per heavy atom. The van der Waals surface area contributed by atoms with Crippen LogP contribution in [0.3, 0.4) is 0 Å². The van der Waals surface area contributed by atoms with Crippen LogP contribution in [0.4, 0.5) is 5.69 Å². The highest BCUT2D eigenvalue weighted by Crippen LogP contribution is 2.38. The number of benzene rings is 2. The number of ether oxygens (including phenoxy) is 1. The molecule has 2 aromatic carbocycles. The van der Waals surface area contributed by atoms with Gasteiger partial charge in [0.25, 0.3) is 0 Å². The van der Waals surface area contributed by atoms with Gasteiger partial charge in [-0.25, -0.2) is 0 Å². The summed E-state index contributed by atoms with van der Waals surface area (Å²) in [7, 11) is 0. The molecule has 1 atom stereocenters. The first-order valence-corrected chi connectivity index (χ1v) is 7.12. The Bertz CT molecular complexity index is 749. The third-order valence-corrected chi connectivity index (χ3v) is 4.12. The molecule has 1 aliphatic heterocycles. The van der Waals surface area contributed by atoms with Gasteiger partial charge in [-0.1, -0.05) is 40.9 Å². The predicted molar refractivity (Wildman–Crippen MR) is 83.5 cm³/mol. The molecule has 0 saturated heterocycles. The Kier molecular flexibility index (Phi) is 3.71. The van der Waals surface area contributed by atoms with Crippen molar-refractivity contribution in [2.24, 2.45) is 5.73 Å². The molecule has 1 aliphatic rings. The number of halogens is 3. The van der Waals surface area contributed by atoms with Gasteiger partial charge >= 0.3 is 0 Å². The van der Waals surface area contributed by atoms with Gasteiger partial charge in [-0.15, -0.1) is 0 Å². The SMILES string of the molecule is NC1C(=O)Nc2cc(Oc3cc(Cl)c(Cl)cc3Cl)ccc21. The fourth-order valence-electron chi connectivity index (χ4n) is 2.04. The number of carbonyl (C=O) groups is 1. The first kappa shape index (κ1) is 14.5. The smallest absolute Gasteiger partial charge is 0.245 e. The topological polar surface area (TPSA) is 64.4 Å². The highest BCUT2D eigenvalue weighted by molar-refractivity contribution is 6.43. The summed E-state index contributed by atoms with van der Waals surface area (Å²) in [5, 5.41) is 3.71. The number of hydrogen-bond donors (Lipinski definition) is 2. The molecule has 4 nitrogen and oxygen atoms in total. The number of rotatable bonds is 2. The minimum absolute atomic E-state index is 0.241. The van der Waals surface area contributed by atoms with Gasteiger partial charge in [0.05, 0.1) is 15.1 Å². The van der Waals surface area contributed by atoms with Gasteiger partial charge in [-0.3, -0.25) is 4.79 Å². The molecule has 1 heterocycles. The molecule has 0 radical (unpaired) electrons. The summed E-state index contributed by atoms with van der Waals surface area (Å²) >= 11 is 17.9. The molecule has 1 unspecified atom stereocenters. The van der Waals surface area contributed by atoms with Gasteiger partial charge in [0, 0.05) is 23.4 Å². The maximum Gasteiger partial charge on any atom is 0.245 e. The fraction of sp³-hybridized carbons (Fsp3) is 0.0714. The molecule has 21 heavy (non-hydrogen) atoms. The summed E-state index contributed by atoms with van der Waals surface area (Å²) in [6, 6.07) is 7.51. The van der Waals surface area contributed by atoms with Crippen LogP contribution in [-0.2, 0) is 4.79 Å². The molecule has 0 aromatic heterocycles. The van der Waals surface area contributed by atoms with E-state index < -0.39 is 6.04 Å². The van der Waals surface area contributed by atoms with Crippen LogP contribution < -0.4 is 15.8 Å². The van der Waals surface area contributed by atoms with E-state index in [-0.39, 0.29) is 5.91 Å². The molecule has 0 saturated carbocycles. The lowest BCUT2D eigenvalue weighted by molar-refractivity contribution is -0.116. The van der Waals surface area contributed by atoms with Crippen LogP contribution in [0.5, 0.6) is 11.5 Å². The summed E-state index contributed by atoms with van der Waals surface area (Å²) in [4.78, 5) is 11.5. The van der Waals surface area contributed by atoms with E-state index in [9.17, 15) is 4.79 Å². The minimum atomic E-state index is -0.650. The van der Waals surface area contributed by atoms with Crippen molar-refractivity contribution < 1.29 is 9.53 Å². The van der Waals surface area contributed by atoms with E-state index in [0.717, 1.165) is 5.56 Å². The highest BCUT2D eigenvalue weighted by atomic mass is 35.5. The van der Waals surface area contributed by atoms with Crippen LogP contribution >= 0.6 is 34.8 Å². The molecule has 0 bridgehead atoms. The average Bonchev–Trinajstić information content (AvgIpc) is 2.71. The molecule has 0 fully saturated rings. The molecule has 0 aliphatic carbocycles. The van der Waals surface area contributed by atoms with Gasteiger partial charge < -0.3 is 15.8 Å². The van der Waals surface area contributed by atoms with E-state index in [1.54, 1.807) is 18.2 Å². The van der Waals surface area contributed by atoms with Crippen molar-refractivity contribution in [2.75, 3.05) is 5.32 Å². The van der Waals surface area contributed by atoms with Crippen molar-refractivity contribution >= 4 is 46.4 Å². The molecule has 3 N–H and O–H groups in total. The van der Waals surface area contributed by atoms with Crippen molar-refractivity contribution in [1.82, 2.24) is 0 Å². The van der Waals surface area contributed by atoms with Crippen LogP contribution in [0.25, 0.3) is 0 Å². The lowest BCUT2D eigenvalue weighted by atomic mass is 10.1. The van der Waals surface area contributed by atoms with Crippen molar-refractivity contribution in [1.29, 1.82) is 0 Å². The second-order valence-electron chi connectivity index (χ2n) is 4.51. The molecule has 108 valence electrons. The zero-order valence-electron chi connectivity index (χ0n) is 10.5. The number of anilines is 1. The number of amides is 1. The van der Waals surface area contributed by atoms with Crippen LogP contribution in [0, 0.1) is 0 Å². The van der Waals surface area contributed by atoms with Crippen LogP contribution in [0.15, 0.2) is 30.3 Å². The zero-order chi connectivity index (χ0) is 15.1. The van der Waals surface area contributed by atoms with E-state index in [4.69, 9.17) is 45.3 Å². The van der Waals surface area contributed by atoms with Crippen molar-refractivity contribution in [3.63, 3.8) is 0 Å². The zero-order valence-corrected chi connectivity index (χ0v) is 12.8. The Morgan fingerprint density at radius 3 is 2.52 bits per heavy atom. The number of carbonyl (C=O) groups excluding carboxylic acids is 1. The van der Waals surface area contributed by atoms with Crippen LogP contribution in [0.2, 0.25) is 15.1 Å². The first-order valence-electron chi connectivity index (χ1n) is 5.98. The summed E-state index contributed by atoms with van der Waals surface area (Å²) in [5.74, 6) is 0.637. The Labute approximate surface area is 135 Å². The van der Waals surface area contributed by atoms with E-state index >= 15 is 0 Å². The predicted octanol–water partition coefficient (Wildman–Crippen LogP) is 4.39. The van der Waals surface area contributed by atoms with E-state index in [0.29, 0.717) is 32.3 Å². The summed E-state index contributed by atoms with van der Waals surface area (Å²) in [6.07, 6.45) is 0. The van der Waals surface area contributed by atoms with Crippen LogP contribution in [-0.4, -0.2) is 5.91 Å². The van der Waals surface area contributed by atoms with Gasteiger partial charge in [0.2, 0.25) is 5.91 Å². The monoisotopic (exact) mass is 342 g/mol. The lowest BCUT2D eigenvalue weighted by Crippen LogP contribution is -2.19. The quantitative estimate of drug-likeness (QED) is 0.795. The molecule has 3 rings (SSSR count). The highest BCUT2D eigenvalue weighted by Gasteiger charge is 2.27. The van der Waals surface area contributed by atoms with E-state index in [1.165, 1.54) is 12.1 Å². The standard InChI is InChI=1S/C14H9Cl3N2O2/c15-8-4-10(17)12(5-9(8)16)21-6-1-2-7-11(3-6)19-14(20)13(7)18/h1-5,13H,18H2,(H,19,20). The number of hydrogen-bond acceptors (Lipinski definition) is 3. The van der Waals surface area contributed by atoms with Crippen molar-refractivity contribution in [3.05, 3.63) is 51.0 Å². The van der Waals surface area contributed by atoms with Gasteiger partial charge in [-0.2, -0.15) is 0 Å². The summed E-state index contributed by atoms with van der Waals surface area (Å²) in [6.45, 7) is 0. The largest absolute Gasteiger partial charge is 0.456 e. The molecular formula is C14H9Cl3N2O2. The van der Waals surface area contributed by atoms with E-state index in [1.807, 2.05) is 0 Å². The molecule has 0 spiro atoms. The van der Waals surface area contributed by atoms with E-state index in [2.05, 4.69) is 5.32 Å². The third-order valence-electron chi connectivity index (χ3n) is 3.10. The van der Waals surface area contributed by atoms with Gasteiger partial charge in [-0.05, 0) is 12.1 Å². The Balaban J connectivity index is 1.92. The Hall–Kier alpha value is -1.46. The van der Waals surface area contributed by atoms with Gasteiger partial charge in [0.1, 0.15) is 17.5 Å². The normalized spacial score (nSPS) is 16.6. The third kappa shape index (κ3) is 2.68. The average molecular weight is 344 g/mol. The van der Waals surface area contributed by atoms with Crippen molar-refractivity contribution in [2.45, 2.75) is 6.04 Å². The fourth-order valence-corrected chi connectivity index (χ4v) is 2.61. The number of nitrogens with one attached hydrogen (secondary N) is 1. The molecule has 1 amide bonds. The maximum atomic E-state index is 11.5. The molecule has 2 aromatic rings. The van der Waals surface area contributed by atoms with Crippen molar-refractivity contribution in [3.8, 4) is 11.5 Å². The molecular weight excluding hydrogens is 335 g/mol. The van der Waals surface area contributed by atoms with Crippen LogP contribution in [0.1, 0.15) is 11.6 Å². The summed E-state index contributed by atoms with van der Waals surface area (Å²) in [5.41, 5.74) is 7.10. The Morgan fingerprint density at radius 2 is 1.76 bits per heavy atom. The lowest BCUT2D eigenvalue weighted by Gasteiger charge is -2.10.